The van der Waals surface area contributed by atoms with E-state index in [1.54, 1.807) is 0 Å². The quantitative estimate of drug-likeness (QED) is 0.686. The van der Waals surface area contributed by atoms with Gasteiger partial charge in [0.1, 0.15) is 0 Å². The minimum absolute atomic E-state index is 0.381. The smallest absolute Gasteiger partial charge is 0.0164 e. The zero-order valence-electron chi connectivity index (χ0n) is 10.1. The normalized spacial score (nSPS) is 15.0. The fourth-order valence-corrected chi connectivity index (χ4v) is 0.965. The van der Waals surface area contributed by atoms with Crippen molar-refractivity contribution in [2.45, 2.75) is 53.6 Å². The molecular formula is C11H26N2. The van der Waals surface area contributed by atoms with Gasteiger partial charge in [0.05, 0.1) is 0 Å². The Morgan fingerprint density at radius 1 is 1.00 bits per heavy atom. The van der Waals surface area contributed by atoms with E-state index >= 15 is 0 Å². The van der Waals surface area contributed by atoms with Gasteiger partial charge in [0.25, 0.3) is 0 Å². The molecule has 1 unspecified atom stereocenters. The molecule has 0 radical (unpaired) electrons. The second kappa shape index (κ2) is 5.61. The third kappa shape index (κ3) is 9.84. The second-order valence-corrected chi connectivity index (χ2v) is 5.41. The van der Waals surface area contributed by atoms with Crippen molar-refractivity contribution in [2.75, 3.05) is 13.1 Å². The van der Waals surface area contributed by atoms with E-state index < -0.39 is 0 Å². The predicted octanol–water partition coefficient (Wildman–Crippen LogP) is 2.01. The summed E-state index contributed by atoms with van der Waals surface area (Å²) in [5.74, 6) is 0. The Hall–Kier alpha value is -0.0800. The Morgan fingerprint density at radius 2 is 1.54 bits per heavy atom. The zero-order valence-corrected chi connectivity index (χ0v) is 10.1. The minimum atomic E-state index is 0.381. The monoisotopic (exact) mass is 186 g/mol. The van der Waals surface area contributed by atoms with Gasteiger partial charge in [0, 0.05) is 25.2 Å². The highest BCUT2D eigenvalue weighted by atomic mass is 15.0. The molecule has 2 nitrogen and oxygen atoms in total. The van der Waals surface area contributed by atoms with Crippen LogP contribution in [0, 0.1) is 5.41 Å². The summed E-state index contributed by atoms with van der Waals surface area (Å²) < 4.78 is 0. The van der Waals surface area contributed by atoms with E-state index in [2.05, 4.69) is 52.2 Å². The molecule has 0 saturated carbocycles. The summed E-state index contributed by atoms with van der Waals surface area (Å²) in [5, 5.41) is 6.93. The van der Waals surface area contributed by atoms with E-state index in [9.17, 15) is 0 Å². The van der Waals surface area contributed by atoms with E-state index in [-0.39, 0.29) is 0 Å². The van der Waals surface area contributed by atoms with Gasteiger partial charge < -0.3 is 10.6 Å². The first-order valence-corrected chi connectivity index (χ1v) is 5.28. The summed E-state index contributed by atoms with van der Waals surface area (Å²) in [6.07, 6.45) is 0. The molecule has 0 aromatic carbocycles. The van der Waals surface area contributed by atoms with E-state index in [0.717, 1.165) is 13.1 Å². The molecule has 0 fully saturated rings. The lowest BCUT2D eigenvalue weighted by Gasteiger charge is -2.23. The summed E-state index contributed by atoms with van der Waals surface area (Å²) in [6.45, 7) is 15.5. The Balaban J connectivity index is 3.46. The van der Waals surface area contributed by atoms with Crippen molar-refractivity contribution in [2.24, 2.45) is 5.41 Å². The van der Waals surface area contributed by atoms with E-state index in [1.165, 1.54) is 0 Å². The summed E-state index contributed by atoms with van der Waals surface area (Å²) in [6, 6.07) is 1.14. The van der Waals surface area contributed by atoms with Crippen LogP contribution < -0.4 is 10.6 Å². The molecular weight excluding hydrogens is 160 g/mol. The van der Waals surface area contributed by atoms with Crippen molar-refractivity contribution in [3.05, 3.63) is 0 Å². The van der Waals surface area contributed by atoms with Crippen LogP contribution in [0.3, 0.4) is 0 Å². The lowest BCUT2D eigenvalue weighted by molar-refractivity contribution is 0.348. The average Bonchev–Trinajstić information content (AvgIpc) is 1.95. The maximum Gasteiger partial charge on any atom is 0.0164 e. The van der Waals surface area contributed by atoms with Crippen LogP contribution in [0.25, 0.3) is 0 Å². The highest BCUT2D eigenvalue weighted by Crippen LogP contribution is 2.10. The molecule has 0 bridgehead atoms. The highest BCUT2D eigenvalue weighted by Gasteiger charge is 2.11. The molecule has 0 spiro atoms. The van der Waals surface area contributed by atoms with Gasteiger partial charge in [-0.3, -0.25) is 0 Å². The Morgan fingerprint density at radius 3 is 1.92 bits per heavy atom. The summed E-state index contributed by atoms with van der Waals surface area (Å²) in [5.41, 5.74) is 0.381. The van der Waals surface area contributed by atoms with Crippen molar-refractivity contribution < 1.29 is 0 Å². The Bertz CT molecular complexity index is 125. The van der Waals surface area contributed by atoms with Crippen LogP contribution in [0.4, 0.5) is 0 Å². The zero-order chi connectivity index (χ0) is 10.5. The van der Waals surface area contributed by atoms with E-state index in [0.29, 0.717) is 17.5 Å². The van der Waals surface area contributed by atoms with Gasteiger partial charge in [-0.15, -0.1) is 0 Å². The summed E-state index contributed by atoms with van der Waals surface area (Å²) >= 11 is 0. The number of rotatable bonds is 5. The highest BCUT2D eigenvalue weighted by molar-refractivity contribution is 4.71. The molecule has 0 amide bonds. The SMILES string of the molecule is CC(C)NCC(C)NCC(C)(C)C. The van der Waals surface area contributed by atoms with Gasteiger partial charge in [-0.1, -0.05) is 34.6 Å². The molecule has 2 N–H and O–H groups in total. The molecule has 0 rings (SSSR count). The van der Waals surface area contributed by atoms with Gasteiger partial charge in [0.2, 0.25) is 0 Å². The fourth-order valence-electron chi connectivity index (χ4n) is 0.965. The molecule has 0 aliphatic heterocycles. The minimum Gasteiger partial charge on any atom is -0.313 e. The average molecular weight is 186 g/mol. The van der Waals surface area contributed by atoms with Gasteiger partial charge in [-0.05, 0) is 12.3 Å². The van der Waals surface area contributed by atoms with Crippen LogP contribution in [0.15, 0.2) is 0 Å². The third-order valence-electron chi connectivity index (χ3n) is 1.81. The first kappa shape index (κ1) is 12.9. The molecule has 0 aliphatic carbocycles. The number of hydrogen-bond acceptors (Lipinski definition) is 2. The maximum atomic E-state index is 3.52. The van der Waals surface area contributed by atoms with Crippen molar-refractivity contribution in [3.8, 4) is 0 Å². The first-order chi connectivity index (χ1) is 5.81. The lowest BCUT2D eigenvalue weighted by atomic mass is 9.96. The molecule has 1 atom stereocenters. The maximum absolute atomic E-state index is 3.52. The van der Waals surface area contributed by atoms with Crippen molar-refractivity contribution in [3.63, 3.8) is 0 Å². The standard InChI is InChI=1S/C11H26N2/c1-9(2)12-7-10(3)13-8-11(4,5)6/h9-10,12-13H,7-8H2,1-6H3. The van der Waals surface area contributed by atoms with E-state index in [1.807, 2.05) is 0 Å². The van der Waals surface area contributed by atoms with Crippen LogP contribution in [0.5, 0.6) is 0 Å². The largest absolute Gasteiger partial charge is 0.313 e. The van der Waals surface area contributed by atoms with Crippen molar-refractivity contribution >= 4 is 0 Å². The van der Waals surface area contributed by atoms with Crippen LogP contribution in [0.2, 0.25) is 0 Å². The second-order valence-electron chi connectivity index (χ2n) is 5.41. The molecule has 13 heavy (non-hydrogen) atoms. The van der Waals surface area contributed by atoms with Gasteiger partial charge in [-0.2, -0.15) is 0 Å². The lowest BCUT2D eigenvalue weighted by Crippen LogP contribution is -2.42. The van der Waals surface area contributed by atoms with Crippen LogP contribution in [0.1, 0.15) is 41.5 Å². The van der Waals surface area contributed by atoms with Crippen molar-refractivity contribution in [1.82, 2.24) is 10.6 Å². The molecule has 2 heteroatoms. The van der Waals surface area contributed by atoms with Gasteiger partial charge in [-0.25, -0.2) is 0 Å². The number of hydrogen-bond donors (Lipinski definition) is 2. The third-order valence-corrected chi connectivity index (χ3v) is 1.81. The molecule has 0 saturated heterocycles. The van der Waals surface area contributed by atoms with Crippen LogP contribution in [-0.2, 0) is 0 Å². The van der Waals surface area contributed by atoms with Gasteiger partial charge >= 0.3 is 0 Å². The predicted molar refractivity (Wildman–Crippen MR) is 60.1 cm³/mol. The summed E-state index contributed by atoms with van der Waals surface area (Å²) in [4.78, 5) is 0. The summed E-state index contributed by atoms with van der Waals surface area (Å²) in [7, 11) is 0. The number of nitrogens with one attached hydrogen (secondary N) is 2. The molecule has 0 aliphatic rings. The van der Waals surface area contributed by atoms with E-state index in [4.69, 9.17) is 0 Å². The Labute approximate surface area is 83.5 Å². The van der Waals surface area contributed by atoms with Crippen LogP contribution in [-0.4, -0.2) is 25.2 Å². The van der Waals surface area contributed by atoms with Crippen molar-refractivity contribution in [1.29, 1.82) is 0 Å². The van der Waals surface area contributed by atoms with Crippen LogP contribution >= 0.6 is 0 Å². The first-order valence-electron chi connectivity index (χ1n) is 5.28. The molecule has 0 heterocycles. The molecule has 0 aromatic heterocycles. The fraction of sp³-hybridized carbons (Fsp3) is 1.00. The van der Waals surface area contributed by atoms with Gasteiger partial charge in [0.15, 0.2) is 0 Å². The Kier molecular flexibility index (Phi) is 5.57. The molecule has 0 aromatic rings. The topological polar surface area (TPSA) is 24.1 Å². The molecule has 80 valence electrons.